The van der Waals surface area contributed by atoms with Gasteiger partial charge in [-0.1, -0.05) is 30.3 Å². The van der Waals surface area contributed by atoms with Crippen LogP contribution in [0.5, 0.6) is 0 Å². The second-order valence-corrected chi connectivity index (χ2v) is 3.57. The maximum Gasteiger partial charge on any atom is 0.327 e. The van der Waals surface area contributed by atoms with E-state index in [1.807, 2.05) is 36.4 Å². The van der Waals surface area contributed by atoms with Gasteiger partial charge in [-0.3, -0.25) is 9.48 Å². The van der Waals surface area contributed by atoms with Crippen LogP contribution in [0.3, 0.4) is 0 Å². The highest BCUT2D eigenvalue weighted by Crippen LogP contribution is 2.15. The van der Waals surface area contributed by atoms with Gasteiger partial charge in [0.15, 0.2) is 0 Å². The van der Waals surface area contributed by atoms with Crippen LogP contribution >= 0.6 is 0 Å². The van der Waals surface area contributed by atoms with Gasteiger partial charge in [-0.25, -0.2) is 0 Å². The second kappa shape index (κ2) is 5.30. The molecular formula is C13H14N2O2. The molecule has 1 aromatic carbocycles. The van der Waals surface area contributed by atoms with Gasteiger partial charge in [0.05, 0.1) is 12.3 Å². The van der Waals surface area contributed by atoms with E-state index in [4.69, 9.17) is 4.74 Å². The Hall–Kier alpha value is -2.10. The standard InChI is InChI=1S/C13H14N2O2/c1-2-17-13(16)10-15-9-8-12(14-15)11-6-4-3-5-7-11/h3-9H,2,10H2,1H3. The van der Waals surface area contributed by atoms with Gasteiger partial charge in [-0.15, -0.1) is 0 Å². The summed E-state index contributed by atoms with van der Waals surface area (Å²) >= 11 is 0. The van der Waals surface area contributed by atoms with Crippen molar-refractivity contribution in [2.75, 3.05) is 6.61 Å². The van der Waals surface area contributed by atoms with Crippen LogP contribution in [0.15, 0.2) is 42.6 Å². The first-order chi connectivity index (χ1) is 8.29. The third kappa shape index (κ3) is 2.93. The Morgan fingerprint density at radius 3 is 2.76 bits per heavy atom. The summed E-state index contributed by atoms with van der Waals surface area (Å²) in [5.74, 6) is -0.268. The molecule has 0 aliphatic rings. The molecule has 17 heavy (non-hydrogen) atoms. The van der Waals surface area contributed by atoms with Crippen molar-refractivity contribution in [3.8, 4) is 11.3 Å². The molecule has 0 aliphatic heterocycles. The molecule has 2 aromatic rings. The van der Waals surface area contributed by atoms with E-state index in [1.54, 1.807) is 17.8 Å². The molecular weight excluding hydrogens is 216 g/mol. The monoisotopic (exact) mass is 230 g/mol. The summed E-state index contributed by atoms with van der Waals surface area (Å²) in [7, 11) is 0. The van der Waals surface area contributed by atoms with E-state index >= 15 is 0 Å². The minimum absolute atomic E-state index is 0.153. The summed E-state index contributed by atoms with van der Waals surface area (Å²) in [5.41, 5.74) is 1.89. The highest BCUT2D eigenvalue weighted by atomic mass is 16.5. The van der Waals surface area contributed by atoms with Crippen molar-refractivity contribution in [3.05, 3.63) is 42.6 Å². The van der Waals surface area contributed by atoms with Crippen LogP contribution in [-0.2, 0) is 16.1 Å². The number of hydrogen-bond acceptors (Lipinski definition) is 3. The summed E-state index contributed by atoms with van der Waals surface area (Å²) in [4.78, 5) is 11.3. The molecule has 0 saturated heterocycles. The maximum absolute atomic E-state index is 11.3. The van der Waals surface area contributed by atoms with Crippen molar-refractivity contribution in [2.24, 2.45) is 0 Å². The molecule has 0 radical (unpaired) electrons. The van der Waals surface area contributed by atoms with E-state index in [0.717, 1.165) is 11.3 Å². The van der Waals surface area contributed by atoms with Crippen molar-refractivity contribution >= 4 is 5.97 Å². The van der Waals surface area contributed by atoms with Crippen molar-refractivity contribution < 1.29 is 9.53 Å². The smallest absolute Gasteiger partial charge is 0.327 e. The lowest BCUT2D eigenvalue weighted by Crippen LogP contribution is -2.13. The number of rotatable bonds is 4. The van der Waals surface area contributed by atoms with Crippen LogP contribution in [0.2, 0.25) is 0 Å². The molecule has 0 aliphatic carbocycles. The highest BCUT2D eigenvalue weighted by Gasteiger charge is 2.06. The molecule has 4 nitrogen and oxygen atoms in total. The fourth-order valence-electron chi connectivity index (χ4n) is 1.55. The fraction of sp³-hybridized carbons (Fsp3) is 0.231. The minimum Gasteiger partial charge on any atom is -0.465 e. The van der Waals surface area contributed by atoms with Gasteiger partial charge in [0.25, 0.3) is 0 Å². The quantitative estimate of drug-likeness (QED) is 0.755. The molecule has 4 heteroatoms. The topological polar surface area (TPSA) is 44.1 Å². The molecule has 1 aromatic heterocycles. The number of esters is 1. The summed E-state index contributed by atoms with van der Waals surface area (Å²) in [6, 6.07) is 11.7. The molecule has 0 saturated carbocycles. The van der Waals surface area contributed by atoms with Gasteiger partial charge >= 0.3 is 5.97 Å². The van der Waals surface area contributed by atoms with Crippen LogP contribution in [0.1, 0.15) is 6.92 Å². The zero-order valence-electron chi connectivity index (χ0n) is 9.67. The number of carbonyl (C=O) groups is 1. The van der Waals surface area contributed by atoms with E-state index in [1.165, 1.54) is 0 Å². The summed E-state index contributed by atoms with van der Waals surface area (Å²) < 4.78 is 6.44. The van der Waals surface area contributed by atoms with Gasteiger partial charge in [-0.05, 0) is 13.0 Å². The Kier molecular flexibility index (Phi) is 3.55. The van der Waals surface area contributed by atoms with Gasteiger partial charge < -0.3 is 4.74 Å². The fourth-order valence-corrected chi connectivity index (χ4v) is 1.55. The van der Waals surface area contributed by atoms with Crippen LogP contribution in [0.4, 0.5) is 0 Å². The predicted octanol–water partition coefficient (Wildman–Crippen LogP) is 2.11. The number of hydrogen-bond donors (Lipinski definition) is 0. The molecule has 0 N–H and O–H groups in total. The Morgan fingerprint density at radius 2 is 2.06 bits per heavy atom. The van der Waals surface area contributed by atoms with Crippen molar-refractivity contribution in [2.45, 2.75) is 13.5 Å². The lowest BCUT2D eigenvalue weighted by atomic mass is 10.2. The lowest BCUT2D eigenvalue weighted by Gasteiger charge is -2.01. The number of aromatic nitrogens is 2. The van der Waals surface area contributed by atoms with Crippen LogP contribution in [0.25, 0.3) is 11.3 Å². The third-order valence-corrected chi connectivity index (χ3v) is 2.31. The Bertz CT molecular complexity index is 491. The first-order valence-electron chi connectivity index (χ1n) is 5.54. The van der Waals surface area contributed by atoms with E-state index in [-0.39, 0.29) is 12.5 Å². The Labute approximate surface area is 99.8 Å². The molecule has 0 spiro atoms. The van der Waals surface area contributed by atoms with Gasteiger partial charge in [0, 0.05) is 11.8 Å². The van der Waals surface area contributed by atoms with Crippen LogP contribution < -0.4 is 0 Å². The molecule has 1 heterocycles. The molecule has 2 rings (SSSR count). The number of benzene rings is 1. The predicted molar refractivity (Wildman–Crippen MR) is 64.3 cm³/mol. The van der Waals surface area contributed by atoms with Crippen LogP contribution in [-0.4, -0.2) is 22.4 Å². The molecule has 0 atom stereocenters. The van der Waals surface area contributed by atoms with Crippen molar-refractivity contribution in [1.29, 1.82) is 0 Å². The van der Waals surface area contributed by atoms with Crippen molar-refractivity contribution in [1.82, 2.24) is 9.78 Å². The zero-order valence-corrected chi connectivity index (χ0v) is 9.67. The molecule has 0 bridgehead atoms. The van der Waals surface area contributed by atoms with E-state index in [0.29, 0.717) is 6.61 Å². The largest absolute Gasteiger partial charge is 0.465 e. The number of ether oxygens (including phenoxy) is 1. The summed E-state index contributed by atoms with van der Waals surface area (Å²) in [6.07, 6.45) is 1.78. The van der Waals surface area contributed by atoms with Crippen LogP contribution in [0, 0.1) is 0 Å². The van der Waals surface area contributed by atoms with E-state index < -0.39 is 0 Å². The second-order valence-electron chi connectivity index (χ2n) is 3.57. The first kappa shape index (κ1) is 11.4. The average Bonchev–Trinajstić information content (AvgIpc) is 2.79. The summed E-state index contributed by atoms with van der Waals surface area (Å²) in [5, 5.41) is 4.32. The molecule has 0 unspecified atom stereocenters. The van der Waals surface area contributed by atoms with Gasteiger partial charge in [0.1, 0.15) is 6.54 Å². The summed E-state index contributed by atoms with van der Waals surface area (Å²) in [6.45, 7) is 2.34. The minimum atomic E-state index is -0.268. The van der Waals surface area contributed by atoms with Crippen molar-refractivity contribution in [3.63, 3.8) is 0 Å². The van der Waals surface area contributed by atoms with Gasteiger partial charge in [0.2, 0.25) is 0 Å². The first-order valence-corrected chi connectivity index (χ1v) is 5.54. The SMILES string of the molecule is CCOC(=O)Cn1ccc(-c2ccccc2)n1. The third-order valence-electron chi connectivity index (χ3n) is 2.31. The lowest BCUT2D eigenvalue weighted by molar-refractivity contribution is -0.144. The maximum atomic E-state index is 11.3. The molecule has 0 amide bonds. The highest BCUT2D eigenvalue weighted by molar-refractivity contribution is 5.69. The van der Waals surface area contributed by atoms with Gasteiger partial charge in [-0.2, -0.15) is 5.10 Å². The number of nitrogens with zero attached hydrogens (tertiary/aromatic N) is 2. The molecule has 0 fully saturated rings. The number of carbonyl (C=O) groups excluding carboxylic acids is 1. The Morgan fingerprint density at radius 1 is 1.29 bits per heavy atom. The average molecular weight is 230 g/mol. The molecule has 88 valence electrons. The zero-order chi connectivity index (χ0) is 12.1. The Balaban J connectivity index is 2.09. The van der Waals surface area contributed by atoms with E-state index in [2.05, 4.69) is 5.10 Å². The normalized spacial score (nSPS) is 10.2. The van der Waals surface area contributed by atoms with E-state index in [9.17, 15) is 4.79 Å².